The number of aryl methyl sites for hydroxylation is 1. The van der Waals surface area contributed by atoms with Crippen LogP contribution in [0.2, 0.25) is 0 Å². The third-order valence-electron chi connectivity index (χ3n) is 1.76. The SMILES string of the molecule is CC(=O)c1oc(C(C)(C)C)nc1C. The van der Waals surface area contributed by atoms with E-state index in [-0.39, 0.29) is 11.2 Å². The van der Waals surface area contributed by atoms with Crippen LogP contribution in [0.3, 0.4) is 0 Å². The zero-order chi connectivity index (χ0) is 10.2. The summed E-state index contributed by atoms with van der Waals surface area (Å²) in [5.41, 5.74) is 0.538. The minimum atomic E-state index is -0.140. The Balaban J connectivity index is 3.17. The van der Waals surface area contributed by atoms with E-state index in [1.165, 1.54) is 6.92 Å². The maximum Gasteiger partial charge on any atom is 0.200 e. The fraction of sp³-hybridized carbons (Fsp3) is 0.600. The highest BCUT2D eigenvalue weighted by Crippen LogP contribution is 2.23. The van der Waals surface area contributed by atoms with E-state index in [1.807, 2.05) is 20.8 Å². The molecule has 0 saturated carbocycles. The Morgan fingerprint density at radius 1 is 1.38 bits per heavy atom. The normalized spacial score (nSPS) is 11.8. The molecule has 1 aromatic heterocycles. The molecule has 1 heterocycles. The highest BCUT2D eigenvalue weighted by molar-refractivity contribution is 5.92. The summed E-state index contributed by atoms with van der Waals surface area (Å²) in [7, 11) is 0. The molecule has 0 saturated heterocycles. The second-order valence-electron chi connectivity index (χ2n) is 4.24. The van der Waals surface area contributed by atoms with Crippen molar-refractivity contribution in [1.82, 2.24) is 4.98 Å². The molecule has 0 atom stereocenters. The van der Waals surface area contributed by atoms with Gasteiger partial charge in [0.1, 0.15) is 0 Å². The molecule has 13 heavy (non-hydrogen) atoms. The van der Waals surface area contributed by atoms with Crippen molar-refractivity contribution in [1.29, 1.82) is 0 Å². The third-order valence-corrected chi connectivity index (χ3v) is 1.76. The quantitative estimate of drug-likeness (QED) is 0.625. The molecule has 3 heteroatoms. The summed E-state index contributed by atoms with van der Waals surface area (Å²) in [6.45, 7) is 9.28. The van der Waals surface area contributed by atoms with Gasteiger partial charge in [0.05, 0.1) is 5.69 Å². The van der Waals surface area contributed by atoms with Crippen molar-refractivity contribution >= 4 is 5.78 Å². The molecule has 0 aliphatic heterocycles. The van der Waals surface area contributed by atoms with E-state index in [1.54, 1.807) is 6.92 Å². The summed E-state index contributed by atoms with van der Waals surface area (Å²) < 4.78 is 5.38. The van der Waals surface area contributed by atoms with Crippen molar-refractivity contribution in [3.63, 3.8) is 0 Å². The molecule has 3 nitrogen and oxygen atoms in total. The number of oxazole rings is 1. The van der Waals surface area contributed by atoms with Crippen molar-refractivity contribution in [2.24, 2.45) is 0 Å². The number of rotatable bonds is 1. The van der Waals surface area contributed by atoms with E-state index < -0.39 is 0 Å². The number of ketones is 1. The van der Waals surface area contributed by atoms with Gasteiger partial charge in [0.2, 0.25) is 5.89 Å². The molecular formula is C10H15NO2. The lowest BCUT2D eigenvalue weighted by molar-refractivity contribution is 0.0983. The van der Waals surface area contributed by atoms with Crippen LogP contribution >= 0.6 is 0 Å². The van der Waals surface area contributed by atoms with Gasteiger partial charge in [-0.2, -0.15) is 0 Å². The molecule has 72 valence electrons. The molecule has 0 N–H and O–H groups in total. The summed E-state index contributed by atoms with van der Waals surface area (Å²) in [4.78, 5) is 15.3. The van der Waals surface area contributed by atoms with E-state index >= 15 is 0 Å². The summed E-state index contributed by atoms with van der Waals surface area (Å²) in [6, 6.07) is 0. The number of carbonyl (C=O) groups is 1. The van der Waals surface area contributed by atoms with Gasteiger partial charge in [-0.15, -0.1) is 0 Å². The lowest BCUT2D eigenvalue weighted by Gasteiger charge is -2.11. The molecule has 0 amide bonds. The minimum Gasteiger partial charge on any atom is -0.437 e. The van der Waals surface area contributed by atoms with Crippen LogP contribution in [0.25, 0.3) is 0 Å². The first kappa shape index (κ1) is 9.96. The van der Waals surface area contributed by atoms with Crippen LogP contribution in [0.15, 0.2) is 4.42 Å². The zero-order valence-electron chi connectivity index (χ0n) is 8.76. The molecule has 0 bridgehead atoms. The monoisotopic (exact) mass is 181 g/mol. The van der Waals surface area contributed by atoms with Crippen molar-refractivity contribution < 1.29 is 9.21 Å². The largest absolute Gasteiger partial charge is 0.437 e. The Labute approximate surface area is 78.2 Å². The zero-order valence-corrected chi connectivity index (χ0v) is 8.76. The maximum absolute atomic E-state index is 11.1. The van der Waals surface area contributed by atoms with Crippen molar-refractivity contribution in [3.05, 3.63) is 17.3 Å². The second-order valence-corrected chi connectivity index (χ2v) is 4.24. The Bertz CT molecular complexity index is 331. The fourth-order valence-electron chi connectivity index (χ4n) is 1.04. The third kappa shape index (κ3) is 1.97. The fourth-order valence-corrected chi connectivity index (χ4v) is 1.04. The van der Waals surface area contributed by atoms with E-state index in [2.05, 4.69) is 4.98 Å². The van der Waals surface area contributed by atoms with Crippen LogP contribution in [0.4, 0.5) is 0 Å². The molecule has 0 radical (unpaired) electrons. The molecule has 0 aliphatic carbocycles. The molecule has 0 spiro atoms. The number of hydrogen-bond donors (Lipinski definition) is 0. The van der Waals surface area contributed by atoms with Crippen LogP contribution < -0.4 is 0 Å². The second kappa shape index (κ2) is 2.98. The van der Waals surface area contributed by atoms with E-state index in [0.717, 1.165) is 0 Å². The first-order valence-electron chi connectivity index (χ1n) is 4.31. The van der Waals surface area contributed by atoms with E-state index in [0.29, 0.717) is 17.3 Å². The number of nitrogens with zero attached hydrogens (tertiary/aromatic N) is 1. The van der Waals surface area contributed by atoms with Crippen LogP contribution in [0.5, 0.6) is 0 Å². The molecular weight excluding hydrogens is 166 g/mol. The Kier molecular flexibility index (Phi) is 2.28. The lowest BCUT2D eigenvalue weighted by atomic mass is 9.97. The molecule has 0 aromatic carbocycles. The van der Waals surface area contributed by atoms with Crippen LogP contribution in [-0.2, 0) is 5.41 Å². The van der Waals surface area contributed by atoms with Gasteiger partial charge in [0.15, 0.2) is 11.5 Å². The average Bonchev–Trinajstić information content (AvgIpc) is 2.29. The number of hydrogen-bond acceptors (Lipinski definition) is 3. The maximum atomic E-state index is 11.1. The first-order chi connectivity index (χ1) is 5.82. The van der Waals surface area contributed by atoms with Gasteiger partial charge in [-0.05, 0) is 6.92 Å². The number of aromatic nitrogens is 1. The van der Waals surface area contributed by atoms with Gasteiger partial charge in [0, 0.05) is 12.3 Å². The highest BCUT2D eigenvalue weighted by Gasteiger charge is 2.23. The average molecular weight is 181 g/mol. The van der Waals surface area contributed by atoms with Crippen molar-refractivity contribution in [3.8, 4) is 0 Å². The summed E-state index contributed by atoms with van der Waals surface area (Å²) in [5, 5.41) is 0. The summed E-state index contributed by atoms with van der Waals surface area (Å²) >= 11 is 0. The molecule has 1 aromatic rings. The minimum absolute atomic E-state index is 0.0690. The topological polar surface area (TPSA) is 43.1 Å². The first-order valence-corrected chi connectivity index (χ1v) is 4.31. The Morgan fingerprint density at radius 2 is 1.92 bits per heavy atom. The van der Waals surface area contributed by atoms with Crippen LogP contribution in [-0.4, -0.2) is 10.8 Å². The molecule has 1 rings (SSSR count). The number of carbonyl (C=O) groups excluding carboxylic acids is 1. The molecule has 0 unspecified atom stereocenters. The van der Waals surface area contributed by atoms with Gasteiger partial charge in [-0.3, -0.25) is 4.79 Å². The predicted molar refractivity (Wildman–Crippen MR) is 49.9 cm³/mol. The predicted octanol–water partition coefficient (Wildman–Crippen LogP) is 2.48. The van der Waals surface area contributed by atoms with Gasteiger partial charge in [-0.1, -0.05) is 20.8 Å². The summed E-state index contributed by atoms with van der Waals surface area (Å²) in [5.74, 6) is 0.931. The van der Waals surface area contributed by atoms with Crippen LogP contribution in [0, 0.1) is 6.92 Å². The van der Waals surface area contributed by atoms with Crippen molar-refractivity contribution in [2.45, 2.75) is 40.0 Å². The molecule has 0 aliphatic rings. The van der Waals surface area contributed by atoms with E-state index in [4.69, 9.17) is 4.42 Å². The van der Waals surface area contributed by atoms with Gasteiger partial charge in [-0.25, -0.2) is 4.98 Å². The smallest absolute Gasteiger partial charge is 0.200 e. The van der Waals surface area contributed by atoms with Crippen molar-refractivity contribution in [2.75, 3.05) is 0 Å². The number of Topliss-reactive ketones (excluding diaryl/α,β-unsaturated/α-hetero) is 1. The lowest BCUT2D eigenvalue weighted by Crippen LogP contribution is -2.11. The Morgan fingerprint density at radius 3 is 2.15 bits per heavy atom. The molecule has 0 fully saturated rings. The van der Waals surface area contributed by atoms with Crippen LogP contribution in [0.1, 0.15) is 49.8 Å². The highest BCUT2D eigenvalue weighted by atomic mass is 16.4. The Hall–Kier alpha value is -1.12. The van der Waals surface area contributed by atoms with E-state index in [9.17, 15) is 4.79 Å². The van der Waals surface area contributed by atoms with Gasteiger partial charge < -0.3 is 4.42 Å². The van der Waals surface area contributed by atoms with Gasteiger partial charge in [0.25, 0.3) is 0 Å². The van der Waals surface area contributed by atoms with Gasteiger partial charge >= 0.3 is 0 Å². The standard InChI is InChI=1S/C10H15NO2/c1-6-8(7(2)12)13-9(11-6)10(3,4)5/h1-5H3. The summed E-state index contributed by atoms with van der Waals surface area (Å²) in [6.07, 6.45) is 0.